The van der Waals surface area contributed by atoms with E-state index >= 15 is 0 Å². The highest BCUT2D eigenvalue weighted by Crippen LogP contribution is 2.40. The number of aryl methyl sites for hydroxylation is 1. The molecule has 0 fully saturated rings. The smallest absolute Gasteiger partial charge is 0.409 e. The lowest BCUT2D eigenvalue weighted by molar-refractivity contribution is -0.272. The van der Waals surface area contributed by atoms with E-state index in [-0.39, 0.29) is 5.56 Å². The summed E-state index contributed by atoms with van der Waals surface area (Å²) in [6, 6.07) is 0. The molecule has 0 aliphatic heterocycles. The summed E-state index contributed by atoms with van der Waals surface area (Å²) in [5.74, 6) is -8.18. The van der Waals surface area contributed by atoms with Gasteiger partial charge in [-0.15, -0.1) is 11.3 Å². The Balaban J connectivity index is 3.15. The van der Waals surface area contributed by atoms with Crippen molar-refractivity contribution in [1.29, 1.82) is 0 Å². The fraction of sp³-hybridized carbons (Fsp3) is 0.400. The third-order valence-electron chi connectivity index (χ3n) is 2.33. The number of rotatable bonds is 3. The van der Waals surface area contributed by atoms with Gasteiger partial charge in [0.05, 0.1) is 5.69 Å². The molecule has 11 heteroatoms. The minimum absolute atomic E-state index is 0.0499. The second kappa shape index (κ2) is 5.54. The fourth-order valence-corrected chi connectivity index (χ4v) is 2.28. The standard InChI is InChI=1S/C10H7F6NO3S/c1-3-2-21-5(8(19)20)4(3)17-7(18)6(9(11,12)13)10(14,15)16/h2,6H,1H3,(H,17,18)(H,19,20). The number of carbonyl (C=O) groups is 2. The van der Waals surface area contributed by atoms with Crippen LogP contribution in [-0.2, 0) is 4.79 Å². The monoisotopic (exact) mass is 335 g/mol. The number of aromatic carboxylic acids is 1. The van der Waals surface area contributed by atoms with Crippen LogP contribution >= 0.6 is 11.3 Å². The zero-order chi connectivity index (χ0) is 16.6. The van der Waals surface area contributed by atoms with Gasteiger partial charge in [0.1, 0.15) is 4.88 Å². The van der Waals surface area contributed by atoms with E-state index in [4.69, 9.17) is 5.11 Å². The maximum atomic E-state index is 12.4. The highest BCUT2D eigenvalue weighted by atomic mass is 32.1. The van der Waals surface area contributed by atoms with Gasteiger partial charge in [-0.25, -0.2) is 4.79 Å². The van der Waals surface area contributed by atoms with Crippen LogP contribution in [0.25, 0.3) is 0 Å². The number of amides is 1. The summed E-state index contributed by atoms with van der Waals surface area (Å²) >= 11 is 0.576. The van der Waals surface area contributed by atoms with E-state index in [0.717, 1.165) is 0 Å². The van der Waals surface area contributed by atoms with Gasteiger partial charge in [0.2, 0.25) is 11.8 Å². The molecule has 0 bridgehead atoms. The van der Waals surface area contributed by atoms with Gasteiger partial charge >= 0.3 is 18.3 Å². The molecule has 0 radical (unpaired) electrons. The molecule has 0 saturated carbocycles. The number of nitrogens with one attached hydrogen (secondary N) is 1. The van der Waals surface area contributed by atoms with Crippen LogP contribution in [0.15, 0.2) is 5.38 Å². The quantitative estimate of drug-likeness (QED) is 0.832. The molecule has 0 unspecified atom stereocenters. The highest BCUT2D eigenvalue weighted by molar-refractivity contribution is 7.12. The Morgan fingerprint density at radius 3 is 2.05 bits per heavy atom. The summed E-state index contributed by atoms with van der Waals surface area (Å²) in [7, 11) is 0. The molecule has 1 rings (SSSR count). The van der Waals surface area contributed by atoms with Gasteiger partial charge in [0.15, 0.2) is 0 Å². The summed E-state index contributed by atoms with van der Waals surface area (Å²) in [6.07, 6.45) is -11.7. The maximum absolute atomic E-state index is 12.4. The van der Waals surface area contributed by atoms with Crippen LogP contribution in [0.4, 0.5) is 32.0 Å². The van der Waals surface area contributed by atoms with E-state index in [1.165, 1.54) is 17.6 Å². The van der Waals surface area contributed by atoms with Gasteiger partial charge in [-0.05, 0) is 17.9 Å². The van der Waals surface area contributed by atoms with Crippen molar-refractivity contribution in [2.75, 3.05) is 5.32 Å². The Bertz CT molecular complexity index is 548. The van der Waals surface area contributed by atoms with Crippen LogP contribution in [0.1, 0.15) is 15.2 Å². The number of alkyl halides is 6. The largest absolute Gasteiger partial charge is 0.477 e. The van der Waals surface area contributed by atoms with Crippen molar-refractivity contribution in [2.24, 2.45) is 5.92 Å². The molecular formula is C10H7F6NO3S. The Morgan fingerprint density at radius 2 is 1.67 bits per heavy atom. The number of carboxylic acids is 1. The molecule has 0 aliphatic rings. The van der Waals surface area contributed by atoms with Crippen LogP contribution < -0.4 is 5.32 Å². The highest BCUT2D eigenvalue weighted by Gasteiger charge is 2.61. The Hall–Kier alpha value is -1.78. The molecule has 4 nitrogen and oxygen atoms in total. The first-order chi connectivity index (χ1) is 9.35. The molecule has 1 aromatic rings. The van der Waals surface area contributed by atoms with Crippen LogP contribution in [0.3, 0.4) is 0 Å². The topological polar surface area (TPSA) is 66.4 Å². The molecule has 0 aromatic carbocycles. The number of halogens is 6. The molecule has 0 aliphatic carbocycles. The van der Waals surface area contributed by atoms with Gasteiger partial charge in [0, 0.05) is 0 Å². The minimum atomic E-state index is -5.84. The predicted octanol–water partition coefficient (Wildman–Crippen LogP) is 3.43. The summed E-state index contributed by atoms with van der Waals surface area (Å²) in [5, 5.41) is 11.4. The van der Waals surface area contributed by atoms with Gasteiger partial charge in [-0.3, -0.25) is 4.79 Å². The van der Waals surface area contributed by atoms with Crippen LogP contribution in [-0.4, -0.2) is 29.3 Å². The van der Waals surface area contributed by atoms with Crippen molar-refractivity contribution in [3.63, 3.8) is 0 Å². The Morgan fingerprint density at radius 1 is 1.19 bits per heavy atom. The lowest BCUT2D eigenvalue weighted by Crippen LogP contribution is -2.45. The van der Waals surface area contributed by atoms with E-state index in [1.54, 1.807) is 0 Å². The Labute approximate surface area is 117 Å². The fourth-order valence-electron chi connectivity index (χ4n) is 1.44. The van der Waals surface area contributed by atoms with Crippen LogP contribution in [0.5, 0.6) is 0 Å². The lowest BCUT2D eigenvalue weighted by Gasteiger charge is -2.22. The first kappa shape index (κ1) is 17.3. The molecule has 0 atom stereocenters. The van der Waals surface area contributed by atoms with Crippen molar-refractivity contribution in [2.45, 2.75) is 19.3 Å². The number of thiophene rings is 1. The average molecular weight is 335 g/mol. The summed E-state index contributed by atoms with van der Waals surface area (Å²) < 4.78 is 74.2. The molecule has 21 heavy (non-hydrogen) atoms. The minimum Gasteiger partial charge on any atom is -0.477 e. The second-order valence-electron chi connectivity index (χ2n) is 3.93. The zero-order valence-electron chi connectivity index (χ0n) is 10.1. The first-order valence-electron chi connectivity index (χ1n) is 5.11. The summed E-state index contributed by atoms with van der Waals surface area (Å²) in [4.78, 5) is 21.5. The van der Waals surface area contributed by atoms with Gasteiger partial charge < -0.3 is 10.4 Å². The lowest BCUT2D eigenvalue weighted by atomic mass is 10.1. The van der Waals surface area contributed by atoms with E-state index in [2.05, 4.69) is 0 Å². The molecule has 1 aromatic heterocycles. The zero-order valence-corrected chi connectivity index (χ0v) is 10.9. The third-order valence-corrected chi connectivity index (χ3v) is 3.42. The van der Waals surface area contributed by atoms with E-state index in [0.29, 0.717) is 11.3 Å². The Kier molecular flexibility index (Phi) is 4.56. The molecule has 0 spiro atoms. The number of anilines is 1. The molecule has 1 amide bonds. The summed E-state index contributed by atoms with van der Waals surface area (Å²) in [6.45, 7) is 1.24. The number of carbonyl (C=O) groups excluding carboxylic acids is 1. The van der Waals surface area contributed by atoms with E-state index < -0.39 is 40.7 Å². The normalized spacial score (nSPS) is 12.6. The van der Waals surface area contributed by atoms with Crippen molar-refractivity contribution < 1.29 is 41.0 Å². The van der Waals surface area contributed by atoms with Crippen LogP contribution in [0.2, 0.25) is 0 Å². The van der Waals surface area contributed by atoms with Crippen molar-refractivity contribution >= 4 is 28.9 Å². The number of hydrogen-bond donors (Lipinski definition) is 2. The molecular weight excluding hydrogens is 328 g/mol. The van der Waals surface area contributed by atoms with Crippen molar-refractivity contribution in [3.05, 3.63) is 15.8 Å². The molecule has 118 valence electrons. The average Bonchev–Trinajstić information content (AvgIpc) is 2.55. The van der Waals surface area contributed by atoms with E-state index in [9.17, 15) is 35.9 Å². The second-order valence-corrected chi connectivity index (χ2v) is 4.81. The third kappa shape index (κ3) is 3.86. The number of carboxylic acid groups (broad SMARTS) is 1. The van der Waals surface area contributed by atoms with E-state index in [1.807, 2.05) is 0 Å². The molecule has 1 heterocycles. The maximum Gasteiger partial charge on any atom is 0.409 e. The first-order valence-corrected chi connectivity index (χ1v) is 5.99. The van der Waals surface area contributed by atoms with Crippen molar-refractivity contribution in [1.82, 2.24) is 0 Å². The van der Waals surface area contributed by atoms with Crippen LogP contribution in [0, 0.1) is 12.8 Å². The van der Waals surface area contributed by atoms with Gasteiger partial charge in [0.25, 0.3) is 0 Å². The van der Waals surface area contributed by atoms with Crippen molar-refractivity contribution in [3.8, 4) is 0 Å². The summed E-state index contributed by atoms with van der Waals surface area (Å²) in [5.41, 5.74) is -0.523. The number of hydrogen-bond acceptors (Lipinski definition) is 3. The molecule has 2 N–H and O–H groups in total. The predicted molar refractivity (Wildman–Crippen MR) is 60.2 cm³/mol. The molecule has 0 saturated heterocycles. The SMILES string of the molecule is Cc1csc(C(=O)O)c1NC(=O)C(C(F)(F)F)C(F)(F)F. The van der Waals surface area contributed by atoms with Gasteiger partial charge in [-0.2, -0.15) is 26.3 Å². The van der Waals surface area contributed by atoms with Gasteiger partial charge in [-0.1, -0.05) is 0 Å².